The standard InChI is InChI=1S/C12H13BrN2S/c13-12-6-5-11(16-12)7-8-15-10-3-1-9(14)2-4-10/h1-6,15H,7-8,14H2. The number of hydrogen-bond acceptors (Lipinski definition) is 3. The Morgan fingerprint density at radius 2 is 1.88 bits per heavy atom. The van der Waals surface area contributed by atoms with Crippen LogP contribution in [0.5, 0.6) is 0 Å². The maximum atomic E-state index is 5.62. The smallest absolute Gasteiger partial charge is 0.0701 e. The summed E-state index contributed by atoms with van der Waals surface area (Å²) in [6.07, 6.45) is 1.04. The predicted molar refractivity (Wildman–Crippen MR) is 75.1 cm³/mol. The molecule has 1 aromatic carbocycles. The fraction of sp³-hybridized carbons (Fsp3) is 0.167. The summed E-state index contributed by atoms with van der Waals surface area (Å²) in [4.78, 5) is 1.38. The summed E-state index contributed by atoms with van der Waals surface area (Å²) in [5.74, 6) is 0. The molecule has 0 unspecified atom stereocenters. The van der Waals surface area contributed by atoms with E-state index < -0.39 is 0 Å². The first-order valence-electron chi connectivity index (χ1n) is 5.08. The zero-order valence-electron chi connectivity index (χ0n) is 8.74. The van der Waals surface area contributed by atoms with Crippen molar-refractivity contribution in [1.29, 1.82) is 0 Å². The quantitative estimate of drug-likeness (QED) is 0.844. The van der Waals surface area contributed by atoms with Gasteiger partial charge >= 0.3 is 0 Å². The van der Waals surface area contributed by atoms with Crippen LogP contribution in [0.15, 0.2) is 40.2 Å². The third-order valence-corrected chi connectivity index (χ3v) is 3.92. The fourth-order valence-electron chi connectivity index (χ4n) is 1.42. The van der Waals surface area contributed by atoms with Crippen molar-refractivity contribution in [3.05, 3.63) is 45.1 Å². The van der Waals surface area contributed by atoms with Crippen molar-refractivity contribution in [2.45, 2.75) is 6.42 Å². The van der Waals surface area contributed by atoms with E-state index in [1.54, 1.807) is 11.3 Å². The number of hydrogen-bond donors (Lipinski definition) is 2. The molecule has 0 bridgehead atoms. The summed E-state index contributed by atoms with van der Waals surface area (Å²) in [6, 6.07) is 12.1. The first-order valence-corrected chi connectivity index (χ1v) is 6.68. The molecule has 0 atom stereocenters. The molecule has 3 N–H and O–H groups in total. The van der Waals surface area contributed by atoms with Gasteiger partial charge in [0.1, 0.15) is 0 Å². The molecule has 0 radical (unpaired) electrons. The zero-order chi connectivity index (χ0) is 11.4. The van der Waals surface area contributed by atoms with Gasteiger partial charge in [-0.15, -0.1) is 11.3 Å². The van der Waals surface area contributed by atoms with Crippen LogP contribution >= 0.6 is 27.3 Å². The van der Waals surface area contributed by atoms with E-state index in [0.717, 1.165) is 24.3 Å². The monoisotopic (exact) mass is 296 g/mol. The summed E-state index contributed by atoms with van der Waals surface area (Å²) < 4.78 is 1.19. The average Bonchev–Trinajstić information content (AvgIpc) is 2.67. The molecular formula is C12H13BrN2S. The molecule has 0 saturated heterocycles. The zero-order valence-corrected chi connectivity index (χ0v) is 11.1. The molecule has 0 fully saturated rings. The van der Waals surface area contributed by atoms with Gasteiger partial charge in [-0.25, -0.2) is 0 Å². The second-order valence-corrected chi connectivity index (χ2v) is 6.05. The summed E-state index contributed by atoms with van der Waals surface area (Å²) in [5, 5.41) is 3.37. The molecule has 84 valence electrons. The third-order valence-electron chi connectivity index (χ3n) is 2.24. The second-order valence-electron chi connectivity index (χ2n) is 3.50. The summed E-state index contributed by atoms with van der Waals surface area (Å²) >= 11 is 5.24. The highest BCUT2D eigenvalue weighted by Crippen LogP contribution is 2.22. The number of thiophene rings is 1. The molecule has 4 heteroatoms. The lowest BCUT2D eigenvalue weighted by molar-refractivity contribution is 1.04. The van der Waals surface area contributed by atoms with E-state index in [1.165, 1.54) is 8.66 Å². The molecule has 0 aliphatic heterocycles. The SMILES string of the molecule is Nc1ccc(NCCc2ccc(Br)s2)cc1. The number of nitrogens with one attached hydrogen (secondary N) is 1. The molecule has 1 heterocycles. The Bertz CT molecular complexity index is 450. The van der Waals surface area contributed by atoms with Crippen LogP contribution in [-0.2, 0) is 6.42 Å². The van der Waals surface area contributed by atoms with Crippen LogP contribution in [0, 0.1) is 0 Å². The second kappa shape index (κ2) is 5.37. The fourth-order valence-corrected chi connectivity index (χ4v) is 2.90. The highest BCUT2D eigenvalue weighted by atomic mass is 79.9. The normalized spacial score (nSPS) is 10.3. The lowest BCUT2D eigenvalue weighted by atomic mass is 10.2. The maximum Gasteiger partial charge on any atom is 0.0701 e. The highest BCUT2D eigenvalue weighted by Gasteiger charge is 1.97. The van der Waals surface area contributed by atoms with Crippen molar-refractivity contribution in [1.82, 2.24) is 0 Å². The van der Waals surface area contributed by atoms with Gasteiger partial charge in [0, 0.05) is 22.8 Å². The number of halogens is 1. The molecule has 2 nitrogen and oxygen atoms in total. The van der Waals surface area contributed by atoms with E-state index in [2.05, 4.69) is 33.4 Å². The Labute approximate surface area is 108 Å². The van der Waals surface area contributed by atoms with Crippen LogP contribution in [0.1, 0.15) is 4.88 Å². The van der Waals surface area contributed by atoms with Crippen molar-refractivity contribution < 1.29 is 0 Å². The number of rotatable bonds is 4. The minimum atomic E-state index is 0.799. The summed E-state index contributed by atoms with van der Waals surface area (Å²) in [7, 11) is 0. The molecular weight excluding hydrogens is 284 g/mol. The van der Waals surface area contributed by atoms with E-state index >= 15 is 0 Å². The van der Waals surface area contributed by atoms with Gasteiger partial charge < -0.3 is 11.1 Å². The molecule has 0 spiro atoms. The Morgan fingerprint density at radius 1 is 1.12 bits per heavy atom. The highest BCUT2D eigenvalue weighted by molar-refractivity contribution is 9.11. The maximum absolute atomic E-state index is 5.62. The van der Waals surface area contributed by atoms with Gasteiger partial charge in [0.25, 0.3) is 0 Å². The number of nitrogen functional groups attached to an aromatic ring is 1. The lowest BCUT2D eigenvalue weighted by Gasteiger charge is -2.05. The first-order chi connectivity index (χ1) is 7.74. The van der Waals surface area contributed by atoms with Gasteiger partial charge in [-0.2, -0.15) is 0 Å². The van der Waals surface area contributed by atoms with Gasteiger partial charge in [0.15, 0.2) is 0 Å². The average molecular weight is 297 g/mol. The van der Waals surface area contributed by atoms with Crippen LogP contribution in [-0.4, -0.2) is 6.54 Å². The number of nitrogens with two attached hydrogens (primary N) is 1. The molecule has 2 rings (SSSR count). The Morgan fingerprint density at radius 3 is 2.50 bits per heavy atom. The van der Waals surface area contributed by atoms with Crippen LogP contribution in [0.25, 0.3) is 0 Å². The third kappa shape index (κ3) is 3.25. The van der Waals surface area contributed by atoms with E-state index in [-0.39, 0.29) is 0 Å². The lowest BCUT2D eigenvalue weighted by Crippen LogP contribution is -2.03. The van der Waals surface area contributed by atoms with E-state index in [0.29, 0.717) is 0 Å². The molecule has 0 aliphatic rings. The minimum Gasteiger partial charge on any atom is -0.399 e. The van der Waals surface area contributed by atoms with Crippen LogP contribution in [0.3, 0.4) is 0 Å². The molecule has 0 saturated carbocycles. The van der Waals surface area contributed by atoms with Gasteiger partial charge in [-0.1, -0.05) is 0 Å². The van der Waals surface area contributed by atoms with E-state index in [1.807, 2.05) is 24.3 Å². The number of anilines is 2. The van der Waals surface area contributed by atoms with Crippen LogP contribution in [0.4, 0.5) is 11.4 Å². The molecule has 0 aliphatic carbocycles. The van der Waals surface area contributed by atoms with Gasteiger partial charge in [-0.3, -0.25) is 0 Å². The van der Waals surface area contributed by atoms with Crippen LogP contribution in [0.2, 0.25) is 0 Å². The van der Waals surface area contributed by atoms with Crippen molar-refractivity contribution in [3.8, 4) is 0 Å². The van der Waals surface area contributed by atoms with Gasteiger partial charge in [-0.05, 0) is 58.7 Å². The predicted octanol–water partition coefficient (Wildman–Crippen LogP) is 3.75. The molecule has 2 aromatic rings. The summed E-state index contributed by atoms with van der Waals surface area (Å²) in [5.41, 5.74) is 7.53. The number of benzene rings is 1. The minimum absolute atomic E-state index is 0.799. The van der Waals surface area contributed by atoms with Gasteiger partial charge in [0.05, 0.1) is 3.79 Å². The summed E-state index contributed by atoms with van der Waals surface area (Å²) in [6.45, 7) is 0.941. The molecule has 1 aromatic heterocycles. The Kier molecular flexibility index (Phi) is 3.85. The van der Waals surface area contributed by atoms with Crippen molar-refractivity contribution in [3.63, 3.8) is 0 Å². The first kappa shape index (κ1) is 11.5. The Balaban J connectivity index is 1.82. The largest absolute Gasteiger partial charge is 0.399 e. The molecule has 16 heavy (non-hydrogen) atoms. The van der Waals surface area contributed by atoms with Crippen molar-refractivity contribution >= 4 is 38.6 Å². The Hall–Kier alpha value is -1.00. The van der Waals surface area contributed by atoms with E-state index in [4.69, 9.17) is 5.73 Å². The van der Waals surface area contributed by atoms with Crippen molar-refractivity contribution in [2.24, 2.45) is 0 Å². The van der Waals surface area contributed by atoms with Gasteiger partial charge in [0.2, 0.25) is 0 Å². The molecule has 0 amide bonds. The van der Waals surface area contributed by atoms with Crippen molar-refractivity contribution in [2.75, 3.05) is 17.6 Å². The topological polar surface area (TPSA) is 38.0 Å². The van der Waals surface area contributed by atoms with Crippen LogP contribution < -0.4 is 11.1 Å². The van der Waals surface area contributed by atoms with E-state index in [9.17, 15) is 0 Å².